The van der Waals surface area contributed by atoms with Crippen molar-refractivity contribution >= 4 is 30.7 Å². The van der Waals surface area contributed by atoms with Crippen LogP contribution in [0.3, 0.4) is 0 Å². The minimum Gasteiger partial charge on any atom is -0.496 e. The van der Waals surface area contributed by atoms with Crippen LogP contribution in [0, 0.1) is 0 Å². The normalized spacial score (nSPS) is 12.7. The van der Waals surface area contributed by atoms with Crippen LogP contribution in [0.5, 0.6) is 5.75 Å². The molecule has 0 aliphatic heterocycles. The Morgan fingerprint density at radius 3 is 2.38 bits per heavy atom. The molecule has 0 heterocycles. The molecule has 21 heavy (non-hydrogen) atoms. The molecule has 1 amide bonds. The molecule has 0 aromatic heterocycles. The number of hydrogen-bond acceptors (Lipinski definition) is 4. The number of nitrogens with two attached hydrogens (primary N) is 1. The van der Waals surface area contributed by atoms with Crippen molar-refractivity contribution in [1.82, 2.24) is 10.2 Å². The molecule has 1 unspecified atom stereocenters. The van der Waals surface area contributed by atoms with Crippen LogP contribution in [-0.4, -0.2) is 44.6 Å². The van der Waals surface area contributed by atoms with E-state index in [0.29, 0.717) is 6.54 Å². The van der Waals surface area contributed by atoms with Crippen molar-refractivity contribution in [2.75, 3.05) is 27.7 Å². The zero-order valence-corrected chi connectivity index (χ0v) is 14.5. The molecule has 1 aromatic rings. The lowest BCUT2D eigenvalue weighted by Crippen LogP contribution is -2.42. The maximum atomic E-state index is 11.6. The SMILES string of the molecule is COc1ccccc1C(CNC(=O)[C@@H](C)N)N(C)C.Cl.Cl. The summed E-state index contributed by atoms with van der Waals surface area (Å²) in [5, 5.41) is 2.85. The molecular weight excluding hydrogens is 313 g/mol. The molecule has 122 valence electrons. The van der Waals surface area contributed by atoms with Gasteiger partial charge in [0.15, 0.2) is 0 Å². The van der Waals surface area contributed by atoms with Gasteiger partial charge in [0.1, 0.15) is 5.75 Å². The number of amides is 1. The zero-order chi connectivity index (χ0) is 14.4. The molecule has 0 spiro atoms. The number of ether oxygens (including phenoxy) is 1. The van der Waals surface area contributed by atoms with Gasteiger partial charge in [-0.2, -0.15) is 0 Å². The number of likely N-dealkylation sites (N-methyl/N-ethyl adjacent to an activating group) is 1. The Morgan fingerprint density at radius 1 is 1.33 bits per heavy atom. The monoisotopic (exact) mass is 337 g/mol. The summed E-state index contributed by atoms with van der Waals surface area (Å²) in [6.45, 7) is 2.16. The van der Waals surface area contributed by atoms with Gasteiger partial charge in [-0.05, 0) is 27.1 Å². The van der Waals surface area contributed by atoms with E-state index in [1.807, 2.05) is 43.3 Å². The summed E-state index contributed by atoms with van der Waals surface area (Å²) in [6, 6.07) is 7.34. The van der Waals surface area contributed by atoms with Crippen LogP contribution in [-0.2, 0) is 4.79 Å². The lowest BCUT2D eigenvalue weighted by Gasteiger charge is -2.26. The van der Waals surface area contributed by atoms with Crippen LogP contribution in [0.1, 0.15) is 18.5 Å². The topological polar surface area (TPSA) is 67.6 Å². The molecule has 1 aromatic carbocycles. The van der Waals surface area contributed by atoms with E-state index in [1.165, 1.54) is 0 Å². The van der Waals surface area contributed by atoms with E-state index in [-0.39, 0.29) is 36.8 Å². The quantitative estimate of drug-likeness (QED) is 0.827. The smallest absolute Gasteiger partial charge is 0.236 e. The largest absolute Gasteiger partial charge is 0.496 e. The molecule has 0 bridgehead atoms. The van der Waals surface area contributed by atoms with E-state index < -0.39 is 6.04 Å². The third-order valence-corrected chi connectivity index (χ3v) is 3.00. The second-order valence-electron chi connectivity index (χ2n) is 4.76. The zero-order valence-electron chi connectivity index (χ0n) is 12.8. The van der Waals surface area contributed by atoms with E-state index in [4.69, 9.17) is 10.5 Å². The summed E-state index contributed by atoms with van der Waals surface area (Å²) in [6.07, 6.45) is 0. The first-order valence-corrected chi connectivity index (χ1v) is 6.30. The van der Waals surface area contributed by atoms with E-state index in [0.717, 1.165) is 11.3 Å². The van der Waals surface area contributed by atoms with E-state index in [2.05, 4.69) is 5.32 Å². The second-order valence-corrected chi connectivity index (χ2v) is 4.76. The summed E-state index contributed by atoms with van der Waals surface area (Å²) in [4.78, 5) is 13.6. The van der Waals surface area contributed by atoms with Crippen LogP contribution in [0.15, 0.2) is 24.3 Å². The average Bonchev–Trinajstić information content (AvgIpc) is 2.38. The van der Waals surface area contributed by atoms with Gasteiger partial charge in [-0.15, -0.1) is 24.8 Å². The van der Waals surface area contributed by atoms with Gasteiger partial charge in [0.2, 0.25) is 5.91 Å². The first-order valence-electron chi connectivity index (χ1n) is 6.30. The van der Waals surface area contributed by atoms with Crippen molar-refractivity contribution in [2.24, 2.45) is 5.73 Å². The summed E-state index contributed by atoms with van der Waals surface area (Å²) < 4.78 is 5.37. The number of para-hydroxylation sites is 1. The van der Waals surface area contributed by atoms with Gasteiger partial charge in [-0.25, -0.2) is 0 Å². The Labute approximate surface area is 139 Å². The Hall–Kier alpha value is -1.01. The van der Waals surface area contributed by atoms with Crippen LogP contribution in [0.2, 0.25) is 0 Å². The highest BCUT2D eigenvalue weighted by atomic mass is 35.5. The average molecular weight is 338 g/mol. The fourth-order valence-corrected chi connectivity index (χ4v) is 1.87. The maximum absolute atomic E-state index is 11.6. The lowest BCUT2D eigenvalue weighted by atomic mass is 10.0. The number of rotatable bonds is 6. The molecule has 3 N–H and O–H groups in total. The highest BCUT2D eigenvalue weighted by Crippen LogP contribution is 2.27. The van der Waals surface area contributed by atoms with E-state index >= 15 is 0 Å². The molecule has 5 nitrogen and oxygen atoms in total. The van der Waals surface area contributed by atoms with Gasteiger partial charge in [-0.3, -0.25) is 4.79 Å². The van der Waals surface area contributed by atoms with Gasteiger partial charge in [0, 0.05) is 12.1 Å². The van der Waals surface area contributed by atoms with Crippen LogP contribution >= 0.6 is 24.8 Å². The van der Waals surface area contributed by atoms with Crippen LogP contribution in [0.25, 0.3) is 0 Å². The molecule has 0 fully saturated rings. The van der Waals surface area contributed by atoms with Crippen molar-refractivity contribution in [2.45, 2.75) is 19.0 Å². The summed E-state index contributed by atoms with van der Waals surface area (Å²) in [5.74, 6) is 0.665. The Bertz CT molecular complexity index is 428. The van der Waals surface area contributed by atoms with Crippen molar-refractivity contribution < 1.29 is 9.53 Å². The van der Waals surface area contributed by atoms with Gasteiger partial charge in [-0.1, -0.05) is 18.2 Å². The Balaban J connectivity index is 0. The Morgan fingerprint density at radius 2 is 1.90 bits per heavy atom. The summed E-state index contributed by atoms with van der Waals surface area (Å²) >= 11 is 0. The molecule has 1 rings (SSSR count). The van der Waals surface area contributed by atoms with Crippen LogP contribution < -0.4 is 15.8 Å². The van der Waals surface area contributed by atoms with Crippen LogP contribution in [0.4, 0.5) is 0 Å². The number of methoxy groups -OCH3 is 1. The third-order valence-electron chi connectivity index (χ3n) is 3.00. The standard InChI is InChI=1S/C14H23N3O2.2ClH/c1-10(15)14(18)16-9-12(17(2)3)11-7-5-6-8-13(11)19-4;;/h5-8,10,12H,9,15H2,1-4H3,(H,16,18);2*1H/t10-,12?;;/m1../s1. The van der Waals surface area contributed by atoms with Gasteiger partial charge in [0.05, 0.1) is 19.2 Å². The molecule has 0 aliphatic carbocycles. The Kier molecular flexibility index (Phi) is 11.3. The fourth-order valence-electron chi connectivity index (χ4n) is 1.87. The molecular formula is C14H25Cl2N3O2. The highest BCUT2D eigenvalue weighted by molar-refractivity contribution is 5.85. The van der Waals surface area contributed by atoms with Gasteiger partial charge >= 0.3 is 0 Å². The maximum Gasteiger partial charge on any atom is 0.236 e. The second kappa shape index (κ2) is 10.7. The predicted molar refractivity (Wildman–Crippen MR) is 90.6 cm³/mol. The van der Waals surface area contributed by atoms with Crippen molar-refractivity contribution in [3.8, 4) is 5.75 Å². The predicted octanol–water partition coefficient (Wildman–Crippen LogP) is 1.60. The first kappa shape index (κ1) is 22.3. The van der Waals surface area contributed by atoms with Crippen molar-refractivity contribution in [3.05, 3.63) is 29.8 Å². The number of carbonyl (C=O) groups excluding carboxylic acids is 1. The number of carbonyl (C=O) groups is 1. The summed E-state index contributed by atoms with van der Waals surface area (Å²) in [7, 11) is 5.58. The van der Waals surface area contributed by atoms with E-state index in [1.54, 1.807) is 14.0 Å². The number of nitrogens with zero attached hydrogens (tertiary/aromatic N) is 1. The fraction of sp³-hybridized carbons (Fsp3) is 0.500. The number of halogens is 2. The molecule has 7 heteroatoms. The molecule has 0 radical (unpaired) electrons. The molecule has 2 atom stereocenters. The number of hydrogen-bond donors (Lipinski definition) is 2. The van der Waals surface area contributed by atoms with Gasteiger partial charge in [0.25, 0.3) is 0 Å². The minimum atomic E-state index is -0.500. The molecule has 0 aliphatic rings. The van der Waals surface area contributed by atoms with Crippen molar-refractivity contribution in [1.29, 1.82) is 0 Å². The van der Waals surface area contributed by atoms with Gasteiger partial charge < -0.3 is 20.7 Å². The number of benzene rings is 1. The first-order chi connectivity index (χ1) is 8.97. The number of nitrogens with one attached hydrogen (secondary N) is 1. The molecule has 0 saturated heterocycles. The minimum absolute atomic E-state index is 0. The third kappa shape index (κ3) is 6.52. The summed E-state index contributed by atoms with van der Waals surface area (Å²) in [5.41, 5.74) is 6.58. The van der Waals surface area contributed by atoms with E-state index in [9.17, 15) is 4.79 Å². The highest BCUT2D eigenvalue weighted by Gasteiger charge is 2.19. The lowest BCUT2D eigenvalue weighted by molar-refractivity contribution is -0.122. The van der Waals surface area contributed by atoms with Crippen molar-refractivity contribution in [3.63, 3.8) is 0 Å². The molecule has 0 saturated carbocycles.